The van der Waals surface area contributed by atoms with Crippen molar-refractivity contribution in [3.63, 3.8) is 0 Å². The van der Waals surface area contributed by atoms with Crippen molar-refractivity contribution in [2.24, 2.45) is 0 Å². The summed E-state index contributed by atoms with van der Waals surface area (Å²) in [7, 11) is 0. The fourth-order valence-electron chi connectivity index (χ4n) is 1.56. The first-order valence-corrected chi connectivity index (χ1v) is 6.88. The molecule has 0 unspecified atom stereocenters. The van der Waals surface area contributed by atoms with Gasteiger partial charge in [-0.1, -0.05) is 29.4 Å². The Kier molecular flexibility index (Phi) is 4.29. The maximum Gasteiger partial charge on any atom is 0.251 e. The number of aryl methyl sites for hydroxylation is 1. The van der Waals surface area contributed by atoms with Crippen LogP contribution in [0, 0.1) is 6.92 Å². The van der Waals surface area contributed by atoms with Gasteiger partial charge in [-0.25, -0.2) is 4.98 Å². The van der Waals surface area contributed by atoms with E-state index in [9.17, 15) is 9.90 Å². The molecule has 0 fully saturated rings. The maximum atomic E-state index is 11.4. The fraction of sp³-hybridized carbons (Fsp3) is 0.231. The molecule has 2 N–H and O–H groups in total. The third-order valence-electron chi connectivity index (χ3n) is 2.49. The number of rotatable bonds is 3. The summed E-state index contributed by atoms with van der Waals surface area (Å²) in [5.41, 5.74) is 1.22. The SMILES string of the molecule is Cc1cc(=O)[nH]c(Sc2ccc([C@@H](C)O)cc2Cl)n1. The van der Waals surface area contributed by atoms with Gasteiger partial charge in [0.05, 0.1) is 11.1 Å². The Morgan fingerprint density at radius 3 is 2.74 bits per heavy atom. The molecule has 0 aliphatic carbocycles. The van der Waals surface area contributed by atoms with Crippen molar-refractivity contribution >= 4 is 23.4 Å². The van der Waals surface area contributed by atoms with Gasteiger partial charge in [-0.15, -0.1) is 0 Å². The van der Waals surface area contributed by atoms with Crippen LogP contribution in [0.1, 0.15) is 24.3 Å². The molecule has 1 heterocycles. The second-order valence-corrected chi connectivity index (χ2v) is 5.60. The Morgan fingerprint density at radius 1 is 1.42 bits per heavy atom. The highest BCUT2D eigenvalue weighted by molar-refractivity contribution is 7.99. The van der Waals surface area contributed by atoms with Gasteiger partial charge in [0.15, 0.2) is 5.16 Å². The molecule has 2 rings (SSSR count). The van der Waals surface area contributed by atoms with E-state index in [1.807, 2.05) is 0 Å². The van der Waals surface area contributed by atoms with Crippen molar-refractivity contribution in [2.45, 2.75) is 30.0 Å². The van der Waals surface area contributed by atoms with E-state index in [1.165, 1.54) is 17.8 Å². The largest absolute Gasteiger partial charge is 0.389 e. The quantitative estimate of drug-likeness (QED) is 0.855. The fourth-order valence-corrected chi connectivity index (χ4v) is 2.71. The second-order valence-electron chi connectivity index (χ2n) is 4.16. The number of aromatic amines is 1. The highest BCUT2D eigenvalue weighted by Gasteiger charge is 2.08. The molecule has 2 aromatic rings. The lowest BCUT2D eigenvalue weighted by Gasteiger charge is -2.08. The highest BCUT2D eigenvalue weighted by atomic mass is 35.5. The zero-order valence-corrected chi connectivity index (χ0v) is 12.0. The maximum absolute atomic E-state index is 11.4. The predicted molar refractivity (Wildman–Crippen MR) is 75.8 cm³/mol. The van der Waals surface area contributed by atoms with Crippen LogP contribution in [0.25, 0.3) is 0 Å². The lowest BCUT2D eigenvalue weighted by Crippen LogP contribution is -2.07. The van der Waals surface area contributed by atoms with Crippen molar-refractivity contribution in [3.8, 4) is 0 Å². The van der Waals surface area contributed by atoms with E-state index in [0.29, 0.717) is 15.9 Å². The molecule has 4 nitrogen and oxygen atoms in total. The van der Waals surface area contributed by atoms with Gasteiger partial charge in [0.2, 0.25) is 0 Å². The lowest BCUT2D eigenvalue weighted by molar-refractivity contribution is 0.199. The number of hydrogen-bond acceptors (Lipinski definition) is 4. The number of aromatic nitrogens is 2. The van der Waals surface area contributed by atoms with Crippen LogP contribution in [-0.4, -0.2) is 15.1 Å². The van der Waals surface area contributed by atoms with Crippen molar-refractivity contribution < 1.29 is 5.11 Å². The van der Waals surface area contributed by atoms with Gasteiger partial charge < -0.3 is 10.1 Å². The molecule has 1 atom stereocenters. The minimum atomic E-state index is -0.562. The van der Waals surface area contributed by atoms with Crippen LogP contribution < -0.4 is 5.56 Å². The number of benzene rings is 1. The summed E-state index contributed by atoms with van der Waals surface area (Å²) in [6.45, 7) is 3.44. The van der Waals surface area contributed by atoms with Gasteiger partial charge in [-0.05, 0) is 31.5 Å². The van der Waals surface area contributed by atoms with Gasteiger partial charge >= 0.3 is 0 Å². The van der Waals surface area contributed by atoms with E-state index >= 15 is 0 Å². The number of nitrogens with zero attached hydrogens (tertiary/aromatic N) is 1. The predicted octanol–water partition coefficient (Wildman–Crippen LogP) is 2.94. The minimum Gasteiger partial charge on any atom is -0.389 e. The Balaban J connectivity index is 2.30. The summed E-state index contributed by atoms with van der Waals surface area (Å²) in [6, 6.07) is 6.74. The smallest absolute Gasteiger partial charge is 0.251 e. The Hall–Kier alpha value is -1.30. The van der Waals surface area contributed by atoms with Crippen LogP contribution in [0.5, 0.6) is 0 Å². The van der Waals surface area contributed by atoms with Crippen LogP contribution in [-0.2, 0) is 0 Å². The van der Waals surface area contributed by atoms with Gasteiger partial charge in [0, 0.05) is 16.7 Å². The van der Waals surface area contributed by atoms with Crippen LogP contribution >= 0.6 is 23.4 Å². The van der Waals surface area contributed by atoms with Crippen molar-refractivity contribution in [1.29, 1.82) is 0 Å². The van der Waals surface area contributed by atoms with E-state index in [4.69, 9.17) is 11.6 Å². The molecule has 0 aliphatic heterocycles. The van der Waals surface area contributed by atoms with Crippen molar-refractivity contribution in [1.82, 2.24) is 9.97 Å². The zero-order valence-electron chi connectivity index (χ0n) is 10.5. The average Bonchev–Trinajstić information content (AvgIpc) is 2.30. The average molecular weight is 297 g/mol. The first kappa shape index (κ1) is 14.1. The molecule has 0 spiro atoms. The number of aliphatic hydroxyl groups excluding tert-OH is 1. The molecule has 0 bridgehead atoms. The van der Waals surface area contributed by atoms with E-state index < -0.39 is 6.10 Å². The number of aliphatic hydroxyl groups is 1. The first-order chi connectivity index (χ1) is 8.95. The zero-order chi connectivity index (χ0) is 14.0. The lowest BCUT2D eigenvalue weighted by atomic mass is 10.1. The number of halogens is 1. The van der Waals surface area contributed by atoms with Crippen LogP contribution in [0.2, 0.25) is 5.02 Å². The molecule has 0 aliphatic rings. The minimum absolute atomic E-state index is 0.188. The summed E-state index contributed by atoms with van der Waals surface area (Å²) < 4.78 is 0. The van der Waals surface area contributed by atoms with E-state index in [1.54, 1.807) is 32.0 Å². The third-order valence-corrected chi connectivity index (χ3v) is 3.88. The van der Waals surface area contributed by atoms with Gasteiger partial charge in [0.1, 0.15) is 0 Å². The van der Waals surface area contributed by atoms with Crippen molar-refractivity contribution in [3.05, 3.63) is 50.9 Å². The molecule has 1 aromatic carbocycles. The molecule has 0 amide bonds. The van der Waals surface area contributed by atoms with Crippen molar-refractivity contribution in [2.75, 3.05) is 0 Å². The summed E-state index contributed by atoms with van der Waals surface area (Å²) in [5.74, 6) is 0. The molecular weight excluding hydrogens is 284 g/mol. The topological polar surface area (TPSA) is 66.0 Å². The van der Waals surface area contributed by atoms with Crippen LogP contribution in [0.4, 0.5) is 0 Å². The summed E-state index contributed by atoms with van der Waals surface area (Å²) in [6.07, 6.45) is -0.562. The number of H-pyrrole nitrogens is 1. The third kappa shape index (κ3) is 3.59. The van der Waals surface area contributed by atoms with Gasteiger partial charge in [0.25, 0.3) is 5.56 Å². The van der Waals surface area contributed by atoms with Gasteiger partial charge in [-0.2, -0.15) is 0 Å². The molecule has 19 heavy (non-hydrogen) atoms. The summed E-state index contributed by atoms with van der Waals surface area (Å²) in [5, 5.41) is 10.5. The Morgan fingerprint density at radius 2 is 2.16 bits per heavy atom. The van der Waals surface area contributed by atoms with Crippen LogP contribution in [0.15, 0.2) is 39.1 Å². The molecule has 0 saturated heterocycles. The standard InChI is InChI=1S/C13H13ClN2O2S/c1-7-5-12(18)16-13(15-7)19-11-4-3-9(8(2)17)6-10(11)14/h3-6,8,17H,1-2H3,(H,15,16,18)/t8-/m1/s1. The Bertz CT molecular complexity index is 655. The molecule has 6 heteroatoms. The normalized spacial score (nSPS) is 12.4. The van der Waals surface area contributed by atoms with E-state index in [0.717, 1.165) is 10.5 Å². The van der Waals surface area contributed by atoms with E-state index in [-0.39, 0.29) is 5.56 Å². The van der Waals surface area contributed by atoms with Gasteiger partial charge in [-0.3, -0.25) is 4.79 Å². The molecular formula is C13H13ClN2O2S. The van der Waals surface area contributed by atoms with E-state index in [2.05, 4.69) is 9.97 Å². The first-order valence-electron chi connectivity index (χ1n) is 5.69. The monoisotopic (exact) mass is 296 g/mol. The Labute approximate surface area is 119 Å². The molecule has 100 valence electrons. The summed E-state index contributed by atoms with van der Waals surface area (Å²) in [4.78, 5) is 19.0. The second kappa shape index (κ2) is 5.77. The number of hydrogen-bond donors (Lipinski definition) is 2. The molecule has 1 aromatic heterocycles. The molecule has 0 radical (unpaired) electrons. The highest BCUT2D eigenvalue weighted by Crippen LogP contribution is 2.32. The number of nitrogens with one attached hydrogen (secondary N) is 1. The summed E-state index contributed by atoms with van der Waals surface area (Å²) >= 11 is 7.43. The van der Waals surface area contributed by atoms with Crippen LogP contribution in [0.3, 0.4) is 0 Å². The molecule has 0 saturated carbocycles.